The average molecular weight is 405 g/mol. The van der Waals surface area contributed by atoms with Crippen molar-refractivity contribution in [3.05, 3.63) is 69.9 Å². The van der Waals surface area contributed by atoms with E-state index < -0.39 is 0 Å². The van der Waals surface area contributed by atoms with Crippen molar-refractivity contribution in [3.63, 3.8) is 0 Å². The molecule has 1 aliphatic heterocycles. The summed E-state index contributed by atoms with van der Waals surface area (Å²) in [5.74, 6) is -0.0183. The standard InChI is InChI=1S/C20H22BrFN2O/c21-18-6-2-16(3-7-18)14-20(25)24-11-1-10-23(12-13-24)15-17-4-8-19(22)9-5-17/h2-9H,1,10-15H2. The summed E-state index contributed by atoms with van der Waals surface area (Å²) in [6.45, 7) is 4.16. The molecule has 2 aromatic rings. The van der Waals surface area contributed by atoms with Crippen molar-refractivity contribution in [3.8, 4) is 0 Å². The first kappa shape index (κ1) is 18.1. The van der Waals surface area contributed by atoms with E-state index in [4.69, 9.17) is 0 Å². The van der Waals surface area contributed by atoms with Crippen LogP contribution in [-0.2, 0) is 17.8 Å². The highest BCUT2D eigenvalue weighted by Gasteiger charge is 2.19. The maximum Gasteiger partial charge on any atom is 0.227 e. The van der Waals surface area contributed by atoms with Gasteiger partial charge in [-0.1, -0.05) is 40.2 Å². The third kappa shape index (κ3) is 5.38. The van der Waals surface area contributed by atoms with Gasteiger partial charge in [-0.05, 0) is 41.8 Å². The molecular formula is C20H22BrFN2O. The van der Waals surface area contributed by atoms with Crippen LogP contribution in [0.4, 0.5) is 4.39 Å². The molecule has 1 saturated heterocycles. The summed E-state index contributed by atoms with van der Waals surface area (Å²) >= 11 is 3.41. The van der Waals surface area contributed by atoms with Gasteiger partial charge in [-0.25, -0.2) is 4.39 Å². The summed E-state index contributed by atoms with van der Waals surface area (Å²) in [4.78, 5) is 16.9. The molecule has 0 unspecified atom stereocenters. The number of hydrogen-bond acceptors (Lipinski definition) is 2. The Balaban J connectivity index is 1.52. The SMILES string of the molecule is O=C(Cc1ccc(Br)cc1)N1CCCN(Cc2ccc(F)cc2)CC1. The smallest absolute Gasteiger partial charge is 0.227 e. The second-order valence-electron chi connectivity index (χ2n) is 6.44. The zero-order valence-corrected chi connectivity index (χ0v) is 15.7. The number of hydrogen-bond donors (Lipinski definition) is 0. The van der Waals surface area contributed by atoms with Crippen LogP contribution in [-0.4, -0.2) is 41.9 Å². The molecule has 1 heterocycles. The van der Waals surface area contributed by atoms with Crippen LogP contribution in [0.15, 0.2) is 53.0 Å². The predicted octanol–water partition coefficient (Wildman–Crippen LogP) is 3.87. The number of carbonyl (C=O) groups is 1. The number of carbonyl (C=O) groups excluding carboxylic acids is 1. The van der Waals surface area contributed by atoms with Crippen molar-refractivity contribution in [1.82, 2.24) is 9.80 Å². The van der Waals surface area contributed by atoms with Gasteiger partial charge in [0.25, 0.3) is 0 Å². The summed E-state index contributed by atoms with van der Waals surface area (Å²) in [6.07, 6.45) is 1.42. The van der Waals surface area contributed by atoms with Crippen LogP contribution < -0.4 is 0 Å². The summed E-state index contributed by atoms with van der Waals surface area (Å²) in [6, 6.07) is 14.6. The number of benzene rings is 2. The molecular weight excluding hydrogens is 383 g/mol. The van der Waals surface area contributed by atoms with Gasteiger partial charge in [0.1, 0.15) is 5.82 Å². The molecule has 25 heavy (non-hydrogen) atoms. The molecule has 2 aromatic carbocycles. The summed E-state index contributed by atoms with van der Waals surface area (Å²) in [7, 11) is 0. The predicted molar refractivity (Wildman–Crippen MR) is 101 cm³/mol. The highest BCUT2D eigenvalue weighted by molar-refractivity contribution is 9.10. The molecule has 1 aliphatic rings. The molecule has 1 fully saturated rings. The topological polar surface area (TPSA) is 23.6 Å². The fourth-order valence-corrected chi connectivity index (χ4v) is 3.38. The van der Waals surface area contributed by atoms with Crippen molar-refractivity contribution >= 4 is 21.8 Å². The van der Waals surface area contributed by atoms with E-state index in [1.54, 1.807) is 0 Å². The largest absolute Gasteiger partial charge is 0.341 e. The lowest BCUT2D eigenvalue weighted by molar-refractivity contribution is -0.130. The van der Waals surface area contributed by atoms with E-state index in [2.05, 4.69) is 20.8 Å². The van der Waals surface area contributed by atoms with Gasteiger partial charge in [-0.2, -0.15) is 0 Å². The number of halogens is 2. The fourth-order valence-electron chi connectivity index (χ4n) is 3.12. The minimum absolute atomic E-state index is 0.186. The lowest BCUT2D eigenvalue weighted by Gasteiger charge is -2.22. The summed E-state index contributed by atoms with van der Waals surface area (Å²) in [5.41, 5.74) is 2.15. The first-order valence-corrected chi connectivity index (χ1v) is 9.38. The van der Waals surface area contributed by atoms with Crippen LogP contribution >= 0.6 is 15.9 Å². The molecule has 3 rings (SSSR count). The van der Waals surface area contributed by atoms with Crippen molar-refractivity contribution in [2.45, 2.75) is 19.4 Å². The molecule has 5 heteroatoms. The van der Waals surface area contributed by atoms with E-state index in [9.17, 15) is 9.18 Å². The highest BCUT2D eigenvalue weighted by atomic mass is 79.9. The lowest BCUT2D eigenvalue weighted by atomic mass is 10.1. The van der Waals surface area contributed by atoms with Gasteiger partial charge in [0.05, 0.1) is 6.42 Å². The Kier molecular flexibility index (Phi) is 6.21. The second kappa shape index (κ2) is 8.59. The van der Waals surface area contributed by atoms with E-state index in [1.165, 1.54) is 12.1 Å². The zero-order valence-electron chi connectivity index (χ0n) is 14.1. The Bertz CT molecular complexity index is 703. The molecule has 132 valence electrons. The average Bonchev–Trinajstić information content (AvgIpc) is 2.85. The first-order valence-electron chi connectivity index (χ1n) is 8.59. The summed E-state index contributed by atoms with van der Waals surface area (Å²) in [5, 5.41) is 0. The molecule has 0 saturated carbocycles. The summed E-state index contributed by atoms with van der Waals surface area (Å²) < 4.78 is 14.0. The van der Waals surface area contributed by atoms with Crippen molar-refractivity contribution in [2.24, 2.45) is 0 Å². The molecule has 0 aromatic heterocycles. The van der Waals surface area contributed by atoms with Gasteiger partial charge in [-0.15, -0.1) is 0 Å². The van der Waals surface area contributed by atoms with E-state index in [0.29, 0.717) is 6.42 Å². The Hall–Kier alpha value is -1.72. The Labute approximate surface area is 156 Å². The minimum Gasteiger partial charge on any atom is -0.341 e. The molecule has 0 spiro atoms. The third-order valence-corrected chi connectivity index (χ3v) is 5.06. The van der Waals surface area contributed by atoms with E-state index in [1.807, 2.05) is 41.3 Å². The maximum atomic E-state index is 13.0. The number of amides is 1. The van der Waals surface area contributed by atoms with Crippen LogP contribution in [0.3, 0.4) is 0 Å². The third-order valence-electron chi connectivity index (χ3n) is 4.53. The first-order chi connectivity index (χ1) is 12.1. The highest BCUT2D eigenvalue weighted by Crippen LogP contribution is 2.14. The fraction of sp³-hybridized carbons (Fsp3) is 0.350. The quantitative estimate of drug-likeness (QED) is 0.771. The van der Waals surface area contributed by atoms with Crippen LogP contribution in [0, 0.1) is 5.82 Å². The second-order valence-corrected chi connectivity index (χ2v) is 7.36. The van der Waals surface area contributed by atoms with Crippen molar-refractivity contribution in [1.29, 1.82) is 0 Å². The Morgan fingerprint density at radius 2 is 1.60 bits per heavy atom. The van der Waals surface area contributed by atoms with Gasteiger partial charge >= 0.3 is 0 Å². The van der Waals surface area contributed by atoms with Gasteiger partial charge in [0.15, 0.2) is 0 Å². The lowest BCUT2D eigenvalue weighted by Crippen LogP contribution is -2.36. The molecule has 0 radical (unpaired) electrons. The Morgan fingerprint density at radius 3 is 2.32 bits per heavy atom. The van der Waals surface area contributed by atoms with Gasteiger partial charge in [0.2, 0.25) is 5.91 Å². The molecule has 0 bridgehead atoms. The van der Waals surface area contributed by atoms with E-state index >= 15 is 0 Å². The normalized spacial score (nSPS) is 15.8. The maximum absolute atomic E-state index is 13.0. The van der Waals surface area contributed by atoms with Crippen LogP contribution in [0.1, 0.15) is 17.5 Å². The van der Waals surface area contributed by atoms with Crippen molar-refractivity contribution < 1.29 is 9.18 Å². The molecule has 0 aliphatic carbocycles. The number of rotatable bonds is 4. The van der Waals surface area contributed by atoms with E-state index in [0.717, 1.165) is 54.7 Å². The molecule has 1 amide bonds. The van der Waals surface area contributed by atoms with Gasteiger partial charge in [0, 0.05) is 37.2 Å². The molecule has 0 atom stereocenters. The molecule has 3 nitrogen and oxygen atoms in total. The van der Waals surface area contributed by atoms with Crippen LogP contribution in [0.25, 0.3) is 0 Å². The molecule has 0 N–H and O–H groups in total. The van der Waals surface area contributed by atoms with Crippen LogP contribution in [0.5, 0.6) is 0 Å². The van der Waals surface area contributed by atoms with Gasteiger partial charge in [-0.3, -0.25) is 9.69 Å². The number of nitrogens with zero attached hydrogens (tertiary/aromatic N) is 2. The van der Waals surface area contributed by atoms with E-state index in [-0.39, 0.29) is 11.7 Å². The Morgan fingerprint density at radius 1 is 0.920 bits per heavy atom. The zero-order chi connectivity index (χ0) is 17.6. The monoisotopic (exact) mass is 404 g/mol. The van der Waals surface area contributed by atoms with Gasteiger partial charge < -0.3 is 4.90 Å². The minimum atomic E-state index is -0.204. The van der Waals surface area contributed by atoms with Crippen LogP contribution in [0.2, 0.25) is 0 Å². The van der Waals surface area contributed by atoms with Crippen molar-refractivity contribution in [2.75, 3.05) is 26.2 Å².